The molecule has 12 heavy (non-hydrogen) atoms. The van der Waals surface area contributed by atoms with E-state index in [2.05, 4.69) is 4.74 Å². The Hall–Kier alpha value is -0.970. The van der Waals surface area contributed by atoms with E-state index in [0.717, 1.165) is 0 Å². The minimum Gasteiger partial charge on any atom is -0.406 e. The van der Waals surface area contributed by atoms with Gasteiger partial charge in [-0.05, 0) is 18.2 Å². The van der Waals surface area contributed by atoms with Gasteiger partial charge in [0.25, 0.3) is 0 Å². The Morgan fingerprint density at radius 2 is 2.08 bits per heavy atom. The van der Waals surface area contributed by atoms with Crippen LogP contribution in [0.1, 0.15) is 0 Å². The summed E-state index contributed by atoms with van der Waals surface area (Å²) in [5, 5.41) is 0. The van der Waals surface area contributed by atoms with Crippen molar-refractivity contribution in [3.05, 3.63) is 24.0 Å². The van der Waals surface area contributed by atoms with Crippen LogP contribution >= 0.6 is 0 Å². The van der Waals surface area contributed by atoms with Crippen molar-refractivity contribution < 1.29 is 22.6 Å². The number of hydrogen-bond acceptors (Lipinski definition) is 2. The normalized spacial score (nSPS) is 32.4. The van der Waals surface area contributed by atoms with Gasteiger partial charge in [0.15, 0.2) is 0 Å². The molecule has 0 radical (unpaired) electrons. The van der Waals surface area contributed by atoms with Crippen LogP contribution in [0.25, 0.3) is 0 Å². The maximum absolute atomic E-state index is 11.6. The van der Waals surface area contributed by atoms with E-state index in [-0.39, 0.29) is 18.0 Å². The third kappa shape index (κ3) is 1.61. The van der Waals surface area contributed by atoms with Crippen LogP contribution in [0.3, 0.4) is 0 Å². The predicted molar refractivity (Wildman–Crippen MR) is 33.0 cm³/mol. The molecular weight excluding hydrogens is 173 g/mol. The highest BCUT2D eigenvalue weighted by Crippen LogP contribution is 2.32. The molecule has 0 aromatic rings. The van der Waals surface area contributed by atoms with E-state index in [9.17, 15) is 13.2 Å². The molecule has 1 heterocycles. The van der Waals surface area contributed by atoms with Gasteiger partial charge >= 0.3 is 6.36 Å². The zero-order valence-corrected chi connectivity index (χ0v) is 5.84. The van der Waals surface area contributed by atoms with Crippen LogP contribution in [-0.4, -0.2) is 18.6 Å². The van der Waals surface area contributed by atoms with Crippen molar-refractivity contribution in [3.63, 3.8) is 0 Å². The number of allylic oxidation sites excluding steroid dienone is 1. The maximum Gasteiger partial charge on any atom is 0.573 e. The average Bonchev–Trinajstić information content (AvgIpc) is 2.61. The first-order valence-corrected chi connectivity index (χ1v) is 3.36. The van der Waals surface area contributed by atoms with Crippen molar-refractivity contribution >= 4 is 0 Å². The fourth-order valence-electron chi connectivity index (χ4n) is 1.03. The van der Waals surface area contributed by atoms with Gasteiger partial charge in [0, 0.05) is 0 Å². The second-order valence-electron chi connectivity index (χ2n) is 2.54. The Kier molecular flexibility index (Phi) is 1.44. The van der Waals surface area contributed by atoms with Crippen molar-refractivity contribution in [1.29, 1.82) is 0 Å². The topological polar surface area (TPSA) is 21.8 Å². The standard InChI is InChI=1S/C7H5F3O2/c8-7(9,10)12-4-1-2-5-6(3-4)11-5/h1-3,5-6H. The molecule has 1 aliphatic heterocycles. The predicted octanol–water partition coefficient (Wildman–Crippen LogP) is 1.74. The lowest BCUT2D eigenvalue weighted by atomic mass is 10.2. The van der Waals surface area contributed by atoms with Gasteiger partial charge < -0.3 is 9.47 Å². The molecule has 2 unspecified atom stereocenters. The average molecular weight is 178 g/mol. The van der Waals surface area contributed by atoms with Gasteiger partial charge in [0.1, 0.15) is 18.0 Å². The zero-order valence-electron chi connectivity index (χ0n) is 5.84. The summed E-state index contributed by atoms with van der Waals surface area (Å²) in [7, 11) is 0. The number of fused-ring (bicyclic) bond motifs is 1. The molecule has 0 amide bonds. The lowest BCUT2D eigenvalue weighted by molar-refractivity contribution is -0.303. The van der Waals surface area contributed by atoms with Gasteiger partial charge in [0.2, 0.25) is 0 Å². The number of rotatable bonds is 1. The van der Waals surface area contributed by atoms with Crippen molar-refractivity contribution in [3.8, 4) is 0 Å². The van der Waals surface area contributed by atoms with Crippen LogP contribution in [-0.2, 0) is 9.47 Å². The smallest absolute Gasteiger partial charge is 0.406 e. The molecular formula is C7H5F3O2. The molecule has 5 heteroatoms. The summed E-state index contributed by atoms with van der Waals surface area (Å²) < 4.78 is 43.5. The summed E-state index contributed by atoms with van der Waals surface area (Å²) in [6.07, 6.45) is -0.735. The van der Waals surface area contributed by atoms with Gasteiger partial charge in [-0.15, -0.1) is 13.2 Å². The van der Waals surface area contributed by atoms with E-state index in [1.54, 1.807) is 6.08 Å². The molecule has 0 aromatic carbocycles. The first-order valence-electron chi connectivity index (χ1n) is 3.36. The molecule has 1 fully saturated rings. The van der Waals surface area contributed by atoms with Gasteiger partial charge in [-0.25, -0.2) is 0 Å². The molecule has 2 nitrogen and oxygen atoms in total. The number of alkyl halides is 3. The Morgan fingerprint density at radius 1 is 1.33 bits per heavy atom. The SMILES string of the molecule is FC(F)(F)OC1=CC2OC2C=C1. The highest BCUT2D eigenvalue weighted by Gasteiger charge is 2.40. The minimum atomic E-state index is -4.61. The summed E-state index contributed by atoms with van der Waals surface area (Å²) in [6, 6.07) is 0. The Bertz CT molecular complexity index is 254. The van der Waals surface area contributed by atoms with Crippen molar-refractivity contribution in [2.45, 2.75) is 18.6 Å². The molecule has 0 saturated carbocycles. The van der Waals surface area contributed by atoms with Crippen LogP contribution in [0.15, 0.2) is 24.0 Å². The van der Waals surface area contributed by atoms with Gasteiger partial charge in [-0.2, -0.15) is 0 Å². The third-order valence-corrected chi connectivity index (χ3v) is 1.57. The zero-order chi connectivity index (χ0) is 8.77. The van der Waals surface area contributed by atoms with Crippen molar-refractivity contribution in [1.82, 2.24) is 0 Å². The number of hydrogen-bond donors (Lipinski definition) is 0. The largest absolute Gasteiger partial charge is 0.573 e. The number of ether oxygens (including phenoxy) is 2. The molecule has 2 atom stereocenters. The summed E-state index contributed by atoms with van der Waals surface area (Å²) in [6.45, 7) is 0. The van der Waals surface area contributed by atoms with E-state index < -0.39 is 6.36 Å². The molecule has 0 N–H and O–H groups in total. The van der Waals surface area contributed by atoms with E-state index in [0.29, 0.717) is 0 Å². The number of halogens is 3. The molecule has 2 rings (SSSR count). The quantitative estimate of drug-likeness (QED) is 0.570. The van der Waals surface area contributed by atoms with Crippen LogP contribution in [0.4, 0.5) is 13.2 Å². The molecule has 1 aliphatic carbocycles. The third-order valence-electron chi connectivity index (χ3n) is 1.57. The lowest BCUT2D eigenvalue weighted by Crippen LogP contribution is -2.13. The van der Waals surface area contributed by atoms with Crippen LogP contribution in [0.5, 0.6) is 0 Å². The fourth-order valence-corrected chi connectivity index (χ4v) is 1.03. The van der Waals surface area contributed by atoms with Gasteiger partial charge in [-0.1, -0.05) is 0 Å². The minimum absolute atomic E-state index is 0.0365. The van der Waals surface area contributed by atoms with Crippen LogP contribution < -0.4 is 0 Å². The second-order valence-corrected chi connectivity index (χ2v) is 2.54. The number of epoxide rings is 1. The second kappa shape index (κ2) is 2.26. The molecule has 0 bridgehead atoms. The van der Waals surface area contributed by atoms with E-state index >= 15 is 0 Å². The van der Waals surface area contributed by atoms with E-state index in [1.807, 2.05) is 0 Å². The first kappa shape index (κ1) is 7.67. The van der Waals surface area contributed by atoms with Crippen molar-refractivity contribution in [2.75, 3.05) is 0 Å². The Morgan fingerprint density at radius 3 is 2.67 bits per heavy atom. The molecule has 66 valence electrons. The summed E-state index contributed by atoms with van der Waals surface area (Å²) >= 11 is 0. The lowest BCUT2D eigenvalue weighted by Gasteiger charge is -2.09. The highest BCUT2D eigenvalue weighted by molar-refractivity contribution is 5.28. The monoisotopic (exact) mass is 178 g/mol. The van der Waals surface area contributed by atoms with Gasteiger partial charge in [-0.3, -0.25) is 0 Å². The molecule has 1 saturated heterocycles. The Balaban J connectivity index is 2.01. The Labute approximate surface area is 66.3 Å². The molecule has 0 spiro atoms. The van der Waals surface area contributed by atoms with E-state index in [4.69, 9.17) is 4.74 Å². The molecule has 0 aromatic heterocycles. The maximum atomic E-state index is 11.6. The fraction of sp³-hybridized carbons (Fsp3) is 0.429. The van der Waals surface area contributed by atoms with Crippen LogP contribution in [0.2, 0.25) is 0 Å². The highest BCUT2D eigenvalue weighted by atomic mass is 19.4. The van der Waals surface area contributed by atoms with Crippen LogP contribution in [0, 0.1) is 0 Å². The van der Waals surface area contributed by atoms with Crippen molar-refractivity contribution in [2.24, 2.45) is 0 Å². The van der Waals surface area contributed by atoms with E-state index in [1.165, 1.54) is 12.2 Å². The summed E-state index contributed by atoms with van der Waals surface area (Å²) in [5.74, 6) is -0.193. The molecule has 2 aliphatic rings. The summed E-state index contributed by atoms with van der Waals surface area (Å²) in [4.78, 5) is 0. The first-order chi connectivity index (χ1) is 5.54. The summed E-state index contributed by atoms with van der Waals surface area (Å²) in [5.41, 5.74) is 0. The van der Waals surface area contributed by atoms with Gasteiger partial charge in [0.05, 0.1) is 0 Å².